The van der Waals surface area contributed by atoms with E-state index in [-0.39, 0.29) is 19.1 Å². The molecule has 0 heterocycles. The standard InChI is InChI=1S/C17H28O2/c1-2-3-4-5-6-15-7-9-16(10-8-15)11-12-17(13-18)14-19/h7-10,17-19H,2-6,11-14H2,1H3. The quantitative estimate of drug-likeness (QED) is 0.636. The molecule has 0 aliphatic rings. The van der Waals surface area contributed by atoms with Gasteiger partial charge in [-0.1, -0.05) is 50.5 Å². The topological polar surface area (TPSA) is 40.5 Å². The second-order valence-corrected chi connectivity index (χ2v) is 5.40. The van der Waals surface area contributed by atoms with Crippen molar-refractivity contribution in [2.75, 3.05) is 13.2 Å². The molecule has 0 amide bonds. The molecule has 0 saturated carbocycles. The molecular formula is C17H28O2. The highest BCUT2D eigenvalue weighted by Gasteiger charge is 2.05. The fraction of sp³-hybridized carbons (Fsp3) is 0.647. The van der Waals surface area contributed by atoms with Crippen LogP contribution in [0.1, 0.15) is 50.2 Å². The first-order valence-corrected chi connectivity index (χ1v) is 7.59. The number of hydrogen-bond acceptors (Lipinski definition) is 2. The molecule has 0 aliphatic carbocycles. The van der Waals surface area contributed by atoms with Gasteiger partial charge in [-0.25, -0.2) is 0 Å². The van der Waals surface area contributed by atoms with Crippen LogP contribution in [0.5, 0.6) is 0 Å². The SMILES string of the molecule is CCCCCCc1ccc(CCC(CO)CO)cc1. The number of benzene rings is 1. The molecule has 0 spiro atoms. The third-order valence-corrected chi connectivity index (χ3v) is 3.70. The number of hydrogen-bond donors (Lipinski definition) is 2. The van der Waals surface area contributed by atoms with Crippen LogP contribution in [0.15, 0.2) is 24.3 Å². The van der Waals surface area contributed by atoms with Gasteiger partial charge in [0, 0.05) is 19.1 Å². The van der Waals surface area contributed by atoms with Gasteiger partial charge in [0.1, 0.15) is 0 Å². The summed E-state index contributed by atoms with van der Waals surface area (Å²) in [7, 11) is 0. The predicted octanol–water partition coefficient (Wildman–Crippen LogP) is 3.34. The Balaban J connectivity index is 2.30. The molecule has 19 heavy (non-hydrogen) atoms. The third kappa shape index (κ3) is 6.74. The van der Waals surface area contributed by atoms with Crippen LogP contribution in [0.3, 0.4) is 0 Å². The summed E-state index contributed by atoms with van der Waals surface area (Å²) in [5.74, 6) is 0.0220. The summed E-state index contributed by atoms with van der Waals surface area (Å²) >= 11 is 0. The Morgan fingerprint density at radius 1 is 0.842 bits per heavy atom. The van der Waals surface area contributed by atoms with E-state index in [4.69, 9.17) is 10.2 Å². The molecule has 0 fully saturated rings. The Bertz CT molecular complexity index is 315. The van der Waals surface area contributed by atoms with Crippen molar-refractivity contribution in [1.29, 1.82) is 0 Å². The van der Waals surface area contributed by atoms with Crippen LogP contribution >= 0.6 is 0 Å². The highest BCUT2D eigenvalue weighted by Crippen LogP contribution is 2.13. The van der Waals surface area contributed by atoms with E-state index in [9.17, 15) is 0 Å². The van der Waals surface area contributed by atoms with E-state index >= 15 is 0 Å². The maximum atomic E-state index is 9.03. The monoisotopic (exact) mass is 264 g/mol. The van der Waals surface area contributed by atoms with E-state index in [0.717, 1.165) is 12.8 Å². The van der Waals surface area contributed by atoms with Crippen molar-refractivity contribution in [1.82, 2.24) is 0 Å². The molecule has 2 heteroatoms. The van der Waals surface area contributed by atoms with Crippen molar-refractivity contribution in [2.45, 2.75) is 51.9 Å². The van der Waals surface area contributed by atoms with Crippen LogP contribution in [0.25, 0.3) is 0 Å². The summed E-state index contributed by atoms with van der Waals surface area (Å²) in [6, 6.07) is 8.80. The molecule has 2 nitrogen and oxygen atoms in total. The number of unbranched alkanes of at least 4 members (excludes halogenated alkanes) is 3. The van der Waals surface area contributed by atoms with Gasteiger partial charge in [-0.3, -0.25) is 0 Å². The molecule has 0 aliphatic heterocycles. The van der Waals surface area contributed by atoms with E-state index in [1.165, 1.54) is 43.2 Å². The van der Waals surface area contributed by atoms with Crippen LogP contribution < -0.4 is 0 Å². The molecule has 0 bridgehead atoms. The van der Waals surface area contributed by atoms with E-state index in [0.29, 0.717) is 0 Å². The highest BCUT2D eigenvalue weighted by molar-refractivity contribution is 5.22. The normalized spacial score (nSPS) is 11.2. The molecule has 108 valence electrons. The molecule has 2 N–H and O–H groups in total. The molecule has 1 rings (SSSR count). The van der Waals surface area contributed by atoms with Crippen LogP contribution in [0, 0.1) is 5.92 Å². The minimum absolute atomic E-state index is 0.0220. The van der Waals surface area contributed by atoms with Crippen LogP contribution in [-0.2, 0) is 12.8 Å². The minimum atomic E-state index is 0.0220. The average molecular weight is 264 g/mol. The highest BCUT2D eigenvalue weighted by atomic mass is 16.3. The van der Waals surface area contributed by atoms with E-state index < -0.39 is 0 Å². The number of aliphatic hydroxyl groups is 2. The maximum absolute atomic E-state index is 9.03. The van der Waals surface area contributed by atoms with Gasteiger partial charge in [-0.05, 0) is 36.8 Å². The van der Waals surface area contributed by atoms with Crippen molar-refractivity contribution >= 4 is 0 Å². The van der Waals surface area contributed by atoms with Gasteiger partial charge in [0.05, 0.1) is 0 Å². The first-order chi connectivity index (χ1) is 9.30. The smallest absolute Gasteiger partial charge is 0.0481 e. The maximum Gasteiger partial charge on any atom is 0.0481 e. The summed E-state index contributed by atoms with van der Waals surface area (Å²) in [4.78, 5) is 0. The Kier molecular flexibility index (Phi) is 8.52. The Morgan fingerprint density at radius 2 is 1.42 bits per heavy atom. The van der Waals surface area contributed by atoms with E-state index in [2.05, 4.69) is 31.2 Å². The van der Waals surface area contributed by atoms with E-state index in [1.807, 2.05) is 0 Å². The molecule has 0 unspecified atom stereocenters. The molecule has 1 aromatic rings. The summed E-state index contributed by atoms with van der Waals surface area (Å²) in [5.41, 5.74) is 2.71. The lowest BCUT2D eigenvalue weighted by atomic mass is 9.99. The van der Waals surface area contributed by atoms with Crippen LogP contribution in [0.4, 0.5) is 0 Å². The summed E-state index contributed by atoms with van der Waals surface area (Å²) in [5, 5.41) is 18.1. The molecule has 0 saturated heterocycles. The average Bonchev–Trinajstić information content (AvgIpc) is 2.46. The zero-order valence-corrected chi connectivity index (χ0v) is 12.1. The van der Waals surface area contributed by atoms with Crippen LogP contribution in [0.2, 0.25) is 0 Å². The number of aliphatic hydroxyl groups excluding tert-OH is 2. The minimum Gasteiger partial charge on any atom is -0.396 e. The zero-order valence-electron chi connectivity index (χ0n) is 12.1. The van der Waals surface area contributed by atoms with Gasteiger partial charge in [0.2, 0.25) is 0 Å². The van der Waals surface area contributed by atoms with Gasteiger partial charge in [0.15, 0.2) is 0 Å². The molecule has 0 aromatic heterocycles. The van der Waals surface area contributed by atoms with Gasteiger partial charge < -0.3 is 10.2 Å². The fourth-order valence-electron chi connectivity index (χ4n) is 2.24. The van der Waals surface area contributed by atoms with E-state index in [1.54, 1.807) is 0 Å². The second-order valence-electron chi connectivity index (χ2n) is 5.40. The Morgan fingerprint density at radius 3 is 1.95 bits per heavy atom. The predicted molar refractivity (Wildman–Crippen MR) is 80.3 cm³/mol. The van der Waals surface area contributed by atoms with Gasteiger partial charge >= 0.3 is 0 Å². The second kappa shape index (κ2) is 9.99. The lowest BCUT2D eigenvalue weighted by Gasteiger charge is -2.10. The molecule has 1 aromatic carbocycles. The van der Waals surface area contributed by atoms with Crippen molar-refractivity contribution in [2.24, 2.45) is 5.92 Å². The zero-order chi connectivity index (χ0) is 13.9. The van der Waals surface area contributed by atoms with Crippen molar-refractivity contribution < 1.29 is 10.2 Å². The third-order valence-electron chi connectivity index (χ3n) is 3.70. The van der Waals surface area contributed by atoms with Crippen molar-refractivity contribution in [3.63, 3.8) is 0 Å². The molecule has 0 atom stereocenters. The lowest BCUT2D eigenvalue weighted by molar-refractivity contribution is 0.144. The number of rotatable bonds is 10. The Hall–Kier alpha value is -0.860. The lowest BCUT2D eigenvalue weighted by Crippen LogP contribution is -2.11. The summed E-state index contributed by atoms with van der Waals surface area (Å²) < 4.78 is 0. The van der Waals surface area contributed by atoms with Crippen LogP contribution in [-0.4, -0.2) is 23.4 Å². The van der Waals surface area contributed by atoms with Crippen molar-refractivity contribution in [3.8, 4) is 0 Å². The van der Waals surface area contributed by atoms with Gasteiger partial charge in [-0.2, -0.15) is 0 Å². The number of aryl methyl sites for hydroxylation is 2. The molecule has 0 radical (unpaired) electrons. The van der Waals surface area contributed by atoms with Gasteiger partial charge in [-0.15, -0.1) is 0 Å². The Labute approximate surface area is 117 Å². The summed E-state index contributed by atoms with van der Waals surface area (Å²) in [6.45, 7) is 2.39. The first-order valence-electron chi connectivity index (χ1n) is 7.59. The fourth-order valence-corrected chi connectivity index (χ4v) is 2.24. The largest absolute Gasteiger partial charge is 0.396 e. The van der Waals surface area contributed by atoms with Gasteiger partial charge in [0.25, 0.3) is 0 Å². The van der Waals surface area contributed by atoms with Crippen molar-refractivity contribution in [3.05, 3.63) is 35.4 Å². The molecular weight excluding hydrogens is 236 g/mol. The summed E-state index contributed by atoms with van der Waals surface area (Å²) in [6.07, 6.45) is 8.19. The first kappa shape index (κ1) is 16.2.